The average molecular weight is 232 g/mol. The van der Waals surface area contributed by atoms with E-state index in [-0.39, 0.29) is 5.41 Å². The Morgan fingerprint density at radius 3 is 2.82 bits per heavy atom. The van der Waals surface area contributed by atoms with Crippen LogP contribution in [0.3, 0.4) is 0 Å². The Labute approximate surface area is 102 Å². The number of phenolic OH excluding ortho intramolecular Hbond substituents is 1. The summed E-state index contributed by atoms with van der Waals surface area (Å²) in [5.74, 6) is 0.406. The van der Waals surface area contributed by atoms with Crippen LogP contribution >= 0.6 is 0 Å². The average Bonchev–Trinajstić information content (AvgIpc) is 2.34. The number of nitrogens with one attached hydrogen (secondary N) is 1. The first-order valence-corrected chi connectivity index (χ1v) is 6.41. The van der Waals surface area contributed by atoms with E-state index in [1.807, 2.05) is 6.07 Å². The number of rotatable bonds is 0. The lowest BCUT2D eigenvalue weighted by molar-refractivity contribution is 0.176. The highest BCUT2D eigenvalue weighted by atomic mass is 16.3. The first-order valence-electron chi connectivity index (χ1n) is 6.41. The molecule has 1 spiro atoms. The monoisotopic (exact) mass is 232 g/mol. The summed E-state index contributed by atoms with van der Waals surface area (Å²) in [6, 6.07) is 5.85. The minimum absolute atomic E-state index is 0.249. The third kappa shape index (κ3) is 1.83. The number of hydrogen-bond acceptors (Lipinski definition) is 3. The van der Waals surface area contributed by atoms with Crippen molar-refractivity contribution in [3.05, 3.63) is 29.3 Å². The van der Waals surface area contributed by atoms with Gasteiger partial charge in [0, 0.05) is 18.5 Å². The number of likely N-dealkylation sites (tertiary alicyclic amines) is 1. The van der Waals surface area contributed by atoms with Gasteiger partial charge < -0.3 is 15.3 Å². The highest BCUT2D eigenvalue weighted by Gasteiger charge is 2.38. The summed E-state index contributed by atoms with van der Waals surface area (Å²) < 4.78 is 0. The van der Waals surface area contributed by atoms with E-state index >= 15 is 0 Å². The second-order valence-electron chi connectivity index (χ2n) is 5.53. The van der Waals surface area contributed by atoms with Crippen LogP contribution in [0.5, 0.6) is 5.75 Å². The zero-order valence-electron chi connectivity index (χ0n) is 10.4. The zero-order chi connectivity index (χ0) is 11.9. The van der Waals surface area contributed by atoms with Crippen molar-refractivity contribution >= 4 is 0 Å². The van der Waals surface area contributed by atoms with Gasteiger partial charge in [-0.05, 0) is 56.2 Å². The Morgan fingerprint density at radius 2 is 2.06 bits per heavy atom. The summed E-state index contributed by atoms with van der Waals surface area (Å²) in [6.07, 6.45) is 2.37. The van der Waals surface area contributed by atoms with Crippen LogP contribution in [-0.2, 0) is 12.0 Å². The molecule has 3 rings (SSSR count). The minimum Gasteiger partial charge on any atom is -0.508 e. The van der Waals surface area contributed by atoms with E-state index in [4.69, 9.17) is 0 Å². The zero-order valence-corrected chi connectivity index (χ0v) is 10.4. The molecular weight excluding hydrogens is 212 g/mol. The maximum absolute atomic E-state index is 9.72. The van der Waals surface area contributed by atoms with E-state index in [2.05, 4.69) is 23.3 Å². The van der Waals surface area contributed by atoms with Gasteiger partial charge in [-0.1, -0.05) is 6.07 Å². The standard InChI is InChI=1S/C14H20N2O/c1-16-6-4-14(5-7-16)10-15-9-11-2-3-12(17)8-13(11)14/h2-3,8,15,17H,4-7,9-10H2,1H3. The van der Waals surface area contributed by atoms with Crippen LogP contribution in [0.2, 0.25) is 0 Å². The molecule has 3 nitrogen and oxygen atoms in total. The first-order chi connectivity index (χ1) is 8.20. The summed E-state index contributed by atoms with van der Waals surface area (Å²) in [5, 5.41) is 13.3. The fraction of sp³-hybridized carbons (Fsp3) is 0.571. The molecule has 1 fully saturated rings. The Balaban J connectivity index is 2.00. The molecule has 0 aromatic heterocycles. The maximum atomic E-state index is 9.72. The molecule has 2 heterocycles. The molecule has 1 aromatic rings. The first kappa shape index (κ1) is 11.1. The van der Waals surface area contributed by atoms with Crippen LogP contribution in [0.4, 0.5) is 0 Å². The largest absolute Gasteiger partial charge is 0.508 e. The highest BCUT2D eigenvalue weighted by molar-refractivity contribution is 5.42. The molecule has 3 heteroatoms. The summed E-state index contributed by atoms with van der Waals surface area (Å²) in [5.41, 5.74) is 2.99. The van der Waals surface area contributed by atoms with Gasteiger partial charge in [-0.2, -0.15) is 0 Å². The van der Waals surface area contributed by atoms with Crippen molar-refractivity contribution in [2.75, 3.05) is 26.7 Å². The number of phenols is 1. The van der Waals surface area contributed by atoms with Crippen molar-refractivity contribution in [2.45, 2.75) is 24.8 Å². The van der Waals surface area contributed by atoms with Crippen molar-refractivity contribution in [2.24, 2.45) is 0 Å². The summed E-state index contributed by atoms with van der Waals surface area (Å²) in [4.78, 5) is 2.39. The Morgan fingerprint density at radius 1 is 1.29 bits per heavy atom. The third-order valence-corrected chi connectivity index (χ3v) is 4.39. The van der Waals surface area contributed by atoms with Crippen LogP contribution in [-0.4, -0.2) is 36.7 Å². The minimum atomic E-state index is 0.249. The number of benzene rings is 1. The second-order valence-corrected chi connectivity index (χ2v) is 5.53. The molecule has 92 valence electrons. The van der Waals surface area contributed by atoms with Crippen LogP contribution in [0.1, 0.15) is 24.0 Å². The molecule has 2 aliphatic heterocycles. The predicted octanol–water partition coefficient (Wildman–Crippen LogP) is 1.46. The lowest BCUT2D eigenvalue weighted by atomic mass is 9.69. The van der Waals surface area contributed by atoms with Crippen LogP contribution in [0, 0.1) is 0 Å². The van der Waals surface area contributed by atoms with Gasteiger partial charge in [0.25, 0.3) is 0 Å². The Hall–Kier alpha value is -1.06. The van der Waals surface area contributed by atoms with Gasteiger partial charge in [0.2, 0.25) is 0 Å². The number of piperidine rings is 1. The van der Waals surface area contributed by atoms with E-state index in [1.54, 1.807) is 6.07 Å². The number of fused-ring (bicyclic) bond motifs is 2. The van der Waals surface area contributed by atoms with Crippen molar-refractivity contribution < 1.29 is 5.11 Å². The van der Waals surface area contributed by atoms with Gasteiger partial charge in [0.05, 0.1) is 0 Å². The van der Waals surface area contributed by atoms with Gasteiger partial charge in [0.15, 0.2) is 0 Å². The van der Waals surface area contributed by atoms with Gasteiger partial charge in [-0.15, -0.1) is 0 Å². The van der Waals surface area contributed by atoms with Gasteiger partial charge >= 0.3 is 0 Å². The van der Waals surface area contributed by atoms with E-state index < -0.39 is 0 Å². The normalized spacial score (nSPS) is 23.6. The van der Waals surface area contributed by atoms with E-state index in [0.717, 1.165) is 26.2 Å². The lowest BCUT2D eigenvalue weighted by Crippen LogP contribution is -2.49. The topological polar surface area (TPSA) is 35.5 Å². The van der Waals surface area contributed by atoms with Crippen molar-refractivity contribution in [3.8, 4) is 5.75 Å². The molecule has 0 atom stereocenters. The molecule has 0 aliphatic carbocycles. The predicted molar refractivity (Wildman–Crippen MR) is 68.2 cm³/mol. The van der Waals surface area contributed by atoms with Crippen LogP contribution in [0.15, 0.2) is 18.2 Å². The van der Waals surface area contributed by atoms with Gasteiger partial charge in [-0.3, -0.25) is 0 Å². The molecule has 2 aliphatic rings. The van der Waals surface area contributed by atoms with Crippen molar-refractivity contribution in [3.63, 3.8) is 0 Å². The van der Waals surface area contributed by atoms with E-state index in [9.17, 15) is 5.11 Å². The molecule has 1 saturated heterocycles. The molecule has 17 heavy (non-hydrogen) atoms. The SMILES string of the molecule is CN1CCC2(CC1)CNCc1ccc(O)cc12. The van der Waals surface area contributed by atoms with E-state index in [1.165, 1.54) is 24.0 Å². The van der Waals surface area contributed by atoms with Gasteiger partial charge in [-0.25, -0.2) is 0 Å². The van der Waals surface area contributed by atoms with Crippen LogP contribution in [0.25, 0.3) is 0 Å². The fourth-order valence-electron chi connectivity index (χ4n) is 3.24. The molecule has 0 unspecified atom stereocenters. The third-order valence-electron chi connectivity index (χ3n) is 4.39. The maximum Gasteiger partial charge on any atom is 0.115 e. The number of aromatic hydroxyl groups is 1. The molecule has 0 radical (unpaired) electrons. The molecule has 0 saturated carbocycles. The smallest absolute Gasteiger partial charge is 0.115 e. The van der Waals surface area contributed by atoms with Crippen molar-refractivity contribution in [1.29, 1.82) is 0 Å². The van der Waals surface area contributed by atoms with E-state index in [0.29, 0.717) is 5.75 Å². The summed E-state index contributed by atoms with van der Waals surface area (Å²) >= 11 is 0. The molecule has 0 amide bonds. The van der Waals surface area contributed by atoms with Crippen LogP contribution < -0.4 is 5.32 Å². The quantitative estimate of drug-likeness (QED) is 0.711. The molecule has 2 N–H and O–H groups in total. The second kappa shape index (κ2) is 4.00. The van der Waals surface area contributed by atoms with Gasteiger partial charge in [0.1, 0.15) is 5.75 Å². The van der Waals surface area contributed by atoms with Crippen molar-refractivity contribution in [1.82, 2.24) is 10.2 Å². The summed E-state index contributed by atoms with van der Waals surface area (Å²) in [6.45, 7) is 4.29. The fourth-order valence-corrected chi connectivity index (χ4v) is 3.24. The lowest BCUT2D eigenvalue weighted by Gasteiger charge is -2.44. The highest BCUT2D eigenvalue weighted by Crippen LogP contribution is 2.40. The number of hydrogen-bond donors (Lipinski definition) is 2. The Kier molecular flexibility index (Phi) is 2.60. The summed E-state index contributed by atoms with van der Waals surface area (Å²) in [7, 11) is 2.19. The molecular formula is C14H20N2O. The Bertz CT molecular complexity index is 422. The molecule has 0 bridgehead atoms. The number of nitrogens with zero attached hydrogens (tertiary/aromatic N) is 1. The molecule has 1 aromatic carbocycles.